The Kier molecular flexibility index (Phi) is 7.06. The van der Waals surface area contributed by atoms with Crippen LogP contribution >= 0.6 is 0 Å². The Balaban J connectivity index is 1.42. The second-order valence-corrected chi connectivity index (χ2v) is 9.43. The van der Waals surface area contributed by atoms with E-state index < -0.39 is 11.7 Å². The van der Waals surface area contributed by atoms with Crippen molar-refractivity contribution in [2.45, 2.75) is 70.4 Å². The van der Waals surface area contributed by atoms with E-state index in [2.05, 4.69) is 21.4 Å². The van der Waals surface area contributed by atoms with Crippen molar-refractivity contribution in [3.8, 4) is 6.07 Å². The normalized spacial score (nSPS) is 20.8. The molecule has 1 aromatic carbocycles. The Morgan fingerprint density at radius 3 is 2.33 bits per heavy atom. The van der Waals surface area contributed by atoms with E-state index >= 15 is 4.39 Å². The van der Waals surface area contributed by atoms with Crippen molar-refractivity contribution in [1.82, 2.24) is 9.97 Å². The molecule has 2 aliphatic rings. The van der Waals surface area contributed by atoms with Gasteiger partial charge in [0.25, 0.3) is 5.92 Å². The third-order valence-corrected chi connectivity index (χ3v) is 6.75. The molecule has 0 spiro atoms. The van der Waals surface area contributed by atoms with Crippen molar-refractivity contribution in [1.29, 1.82) is 5.26 Å². The summed E-state index contributed by atoms with van der Waals surface area (Å²) in [4.78, 5) is 10.3. The van der Waals surface area contributed by atoms with Crippen molar-refractivity contribution in [2.75, 3.05) is 16.8 Å². The van der Waals surface area contributed by atoms with Crippen molar-refractivity contribution in [3.05, 3.63) is 47.5 Å². The smallest absolute Gasteiger partial charge is 0.270 e. The van der Waals surface area contributed by atoms with Crippen molar-refractivity contribution >= 4 is 11.6 Å². The van der Waals surface area contributed by atoms with Gasteiger partial charge in [0.2, 0.25) is 5.82 Å². The van der Waals surface area contributed by atoms with Gasteiger partial charge in [-0.25, -0.2) is 18.7 Å². The zero-order chi connectivity index (χ0) is 23.4. The third kappa shape index (κ3) is 5.95. The van der Waals surface area contributed by atoms with E-state index in [4.69, 9.17) is 5.26 Å². The molecule has 1 aromatic heterocycles. The molecule has 2 aromatic rings. The molecule has 0 bridgehead atoms. The zero-order valence-electron chi connectivity index (χ0n) is 18.9. The van der Waals surface area contributed by atoms with Crippen LogP contribution in [0, 0.1) is 29.0 Å². The first-order valence-electron chi connectivity index (χ1n) is 11.7. The van der Waals surface area contributed by atoms with Gasteiger partial charge >= 0.3 is 0 Å². The summed E-state index contributed by atoms with van der Waals surface area (Å²) in [7, 11) is 0. The number of nitrogens with one attached hydrogen (secondary N) is 1. The van der Waals surface area contributed by atoms with Crippen LogP contribution in [-0.4, -0.2) is 22.6 Å². The first kappa shape index (κ1) is 23.3. The summed E-state index contributed by atoms with van der Waals surface area (Å²) in [5.41, 5.74) is 0.794. The molecule has 0 atom stereocenters. The minimum Gasteiger partial charge on any atom is -0.367 e. The van der Waals surface area contributed by atoms with E-state index in [0.717, 1.165) is 51.0 Å². The van der Waals surface area contributed by atoms with Crippen molar-refractivity contribution in [2.24, 2.45) is 11.8 Å². The number of benzene rings is 1. The Morgan fingerprint density at radius 2 is 1.73 bits per heavy atom. The summed E-state index contributed by atoms with van der Waals surface area (Å²) < 4.78 is 42.4. The second kappa shape index (κ2) is 9.98. The van der Waals surface area contributed by atoms with Crippen LogP contribution in [0.3, 0.4) is 0 Å². The average molecular weight is 458 g/mol. The molecular weight excluding hydrogens is 427 g/mol. The molecule has 2 aliphatic carbocycles. The lowest BCUT2D eigenvalue weighted by molar-refractivity contribution is 0.0174. The molecule has 1 N–H and O–H groups in total. The van der Waals surface area contributed by atoms with Gasteiger partial charge in [-0.3, -0.25) is 0 Å². The van der Waals surface area contributed by atoms with E-state index in [0.29, 0.717) is 31.3 Å². The Hall–Kier alpha value is -2.82. The van der Waals surface area contributed by atoms with E-state index in [1.807, 2.05) is 4.90 Å². The molecule has 0 radical (unpaired) electrons. The zero-order valence-corrected chi connectivity index (χ0v) is 18.9. The average Bonchev–Trinajstić information content (AvgIpc) is 3.63. The Labute approximate surface area is 193 Å². The molecule has 1 heterocycles. The number of halogens is 3. The predicted molar refractivity (Wildman–Crippen MR) is 121 cm³/mol. The van der Waals surface area contributed by atoms with Gasteiger partial charge in [-0.05, 0) is 55.9 Å². The van der Waals surface area contributed by atoms with Crippen LogP contribution in [0.15, 0.2) is 30.6 Å². The molecule has 4 rings (SSSR count). The summed E-state index contributed by atoms with van der Waals surface area (Å²) in [5, 5.41) is 12.0. The van der Waals surface area contributed by atoms with Crippen LogP contribution in [0.4, 0.5) is 24.8 Å². The summed E-state index contributed by atoms with van der Waals surface area (Å²) >= 11 is 0. The molecular formula is C25H30F3N5. The van der Waals surface area contributed by atoms with Gasteiger partial charge in [0, 0.05) is 38.0 Å². The molecule has 0 aliphatic heterocycles. The van der Waals surface area contributed by atoms with E-state index in [9.17, 15) is 8.78 Å². The van der Waals surface area contributed by atoms with Gasteiger partial charge in [-0.2, -0.15) is 9.65 Å². The van der Waals surface area contributed by atoms with Crippen LogP contribution in [0.25, 0.3) is 0 Å². The monoisotopic (exact) mass is 457 g/mol. The molecule has 8 heteroatoms. The summed E-state index contributed by atoms with van der Waals surface area (Å²) in [6.45, 7) is 1.92. The van der Waals surface area contributed by atoms with E-state index in [1.165, 1.54) is 18.5 Å². The summed E-state index contributed by atoms with van der Waals surface area (Å²) in [6.07, 6.45) is 8.02. The molecule has 0 unspecified atom stereocenters. The number of alkyl halides is 2. The Morgan fingerprint density at radius 1 is 1.06 bits per heavy atom. The number of hydrogen-bond donors (Lipinski definition) is 1. The van der Waals surface area contributed by atoms with Crippen LogP contribution in [0.2, 0.25) is 0 Å². The lowest BCUT2D eigenvalue weighted by Crippen LogP contribution is -2.28. The fourth-order valence-electron chi connectivity index (χ4n) is 4.56. The van der Waals surface area contributed by atoms with Gasteiger partial charge < -0.3 is 10.2 Å². The van der Waals surface area contributed by atoms with Gasteiger partial charge in [0.05, 0.1) is 6.07 Å². The molecule has 2 fully saturated rings. The quantitative estimate of drug-likeness (QED) is 0.498. The van der Waals surface area contributed by atoms with Crippen molar-refractivity contribution < 1.29 is 13.2 Å². The number of nitrogens with zero attached hydrogens (tertiary/aromatic N) is 4. The maximum atomic E-state index is 15.4. The molecule has 5 nitrogen and oxygen atoms in total. The number of aromatic nitrogens is 2. The number of hydrogen-bond acceptors (Lipinski definition) is 5. The molecule has 33 heavy (non-hydrogen) atoms. The van der Waals surface area contributed by atoms with Crippen LogP contribution < -0.4 is 10.2 Å². The van der Waals surface area contributed by atoms with Crippen LogP contribution in [0.5, 0.6) is 0 Å². The first-order chi connectivity index (χ1) is 15.8. The molecule has 2 saturated carbocycles. The van der Waals surface area contributed by atoms with Crippen LogP contribution in [-0.2, 0) is 12.5 Å². The SMILES string of the molecule is CC(F)(F)c1ccc(CN(c2ncnc(NCC3CCC(CC#N)CC3)c2F)C2CC2)cc1. The first-order valence-corrected chi connectivity index (χ1v) is 11.7. The molecule has 176 valence electrons. The van der Waals surface area contributed by atoms with Gasteiger partial charge in [-0.15, -0.1) is 0 Å². The number of rotatable bonds is 9. The lowest BCUT2D eigenvalue weighted by atomic mass is 9.81. The summed E-state index contributed by atoms with van der Waals surface area (Å²) in [6, 6.07) is 8.63. The Bertz CT molecular complexity index is 971. The fraction of sp³-hybridized carbons (Fsp3) is 0.560. The highest BCUT2D eigenvalue weighted by molar-refractivity contribution is 5.52. The molecule has 0 amide bonds. The largest absolute Gasteiger partial charge is 0.367 e. The highest BCUT2D eigenvalue weighted by atomic mass is 19.3. The van der Waals surface area contributed by atoms with Crippen molar-refractivity contribution in [3.63, 3.8) is 0 Å². The van der Waals surface area contributed by atoms with Crippen LogP contribution in [0.1, 0.15) is 63.0 Å². The number of nitriles is 1. The predicted octanol–water partition coefficient (Wildman–Crippen LogP) is 6.03. The van der Waals surface area contributed by atoms with Gasteiger partial charge in [0.1, 0.15) is 6.33 Å². The minimum atomic E-state index is -2.89. The second-order valence-electron chi connectivity index (χ2n) is 9.43. The number of anilines is 2. The lowest BCUT2D eigenvalue weighted by Gasteiger charge is -2.28. The topological polar surface area (TPSA) is 64.8 Å². The van der Waals surface area contributed by atoms with Gasteiger partial charge in [-0.1, -0.05) is 24.3 Å². The maximum absolute atomic E-state index is 15.4. The standard InChI is InChI=1S/C25H30F3N5/c1-25(27,28)20-8-6-19(7-9-20)15-33(21-10-11-21)24-22(26)23(31-16-32-24)30-14-18-4-2-17(3-5-18)12-13-29/h6-9,16-18,21H,2-5,10-12,14-15H2,1H3,(H,30,31,32). The minimum absolute atomic E-state index is 0.0365. The highest BCUT2D eigenvalue weighted by Crippen LogP contribution is 2.36. The third-order valence-electron chi connectivity index (χ3n) is 6.75. The highest BCUT2D eigenvalue weighted by Gasteiger charge is 2.33. The fourth-order valence-corrected chi connectivity index (χ4v) is 4.56. The van der Waals surface area contributed by atoms with Gasteiger partial charge in [0.15, 0.2) is 11.6 Å². The van der Waals surface area contributed by atoms with E-state index in [1.54, 1.807) is 12.1 Å². The molecule has 0 saturated heterocycles. The maximum Gasteiger partial charge on any atom is 0.270 e. The summed E-state index contributed by atoms with van der Waals surface area (Å²) in [5.74, 6) is -1.99. The van der Waals surface area contributed by atoms with E-state index in [-0.39, 0.29) is 23.2 Å².